The van der Waals surface area contributed by atoms with Crippen molar-refractivity contribution in [3.05, 3.63) is 0 Å². The monoisotopic (exact) mass is 189 g/mol. The predicted molar refractivity (Wildman–Crippen MR) is 45.7 cm³/mol. The maximum Gasteiger partial charge on any atom is 0.306 e. The molecule has 3 nitrogen and oxygen atoms in total. The summed E-state index contributed by atoms with van der Waals surface area (Å²) in [4.78, 5) is 10.9. The highest BCUT2D eigenvalue weighted by molar-refractivity contribution is 6.18. The summed E-state index contributed by atoms with van der Waals surface area (Å²) in [5, 5.41) is 8.31. The van der Waals surface area contributed by atoms with Crippen LogP contribution in [0.4, 0.5) is 0 Å². The highest BCUT2D eigenvalue weighted by Crippen LogP contribution is 2.03. The minimum atomic E-state index is -0.448. The maximum atomic E-state index is 10.9. The lowest BCUT2D eigenvalue weighted by molar-refractivity contribution is -0.147. The largest absolute Gasteiger partial charge is 0.460 e. The van der Waals surface area contributed by atoms with Crippen molar-refractivity contribution < 1.29 is 9.53 Å². The smallest absolute Gasteiger partial charge is 0.306 e. The Morgan fingerprint density at radius 3 is 2.83 bits per heavy atom. The number of nitriles is 1. The van der Waals surface area contributed by atoms with Crippen LogP contribution in [0.1, 0.15) is 26.2 Å². The molecule has 0 aromatic carbocycles. The standard InChI is InChI=1S/C8H12ClNO2/c1-2-3-8(11)12-7(6-9)4-5-10/h7H,2-4,6H2,1H3/t7-/m0/s1. The van der Waals surface area contributed by atoms with Gasteiger partial charge in [0.1, 0.15) is 6.10 Å². The molecule has 0 heterocycles. The lowest BCUT2D eigenvalue weighted by Gasteiger charge is -2.10. The molecule has 1 atom stereocenters. The van der Waals surface area contributed by atoms with Crippen LogP contribution in [0.25, 0.3) is 0 Å². The van der Waals surface area contributed by atoms with E-state index in [2.05, 4.69) is 0 Å². The van der Waals surface area contributed by atoms with Gasteiger partial charge in [-0.2, -0.15) is 5.26 Å². The second-order valence-electron chi connectivity index (χ2n) is 2.38. The third kappa shape index (κ3) is 4.97. The van der Waals surface area contributed by atoms with E-state index in [9.17, 15) is 4.79 Å². The Bertz CT molecular complexity index is 176. The number of carbonyl (C=O) groups is 1. The second-order valence-corrected chi connectivity index (χ2v) is 2.69. The molecule has 0 rings (SSSR count). The normalized spacial score (nSPS) is 11.8. The van der Waals surface area contributed by atoms with Crippen LogP contribution in [0.15, 0.2) is 0 Å². The summed E-state index contributed by atoms with van der Waals surface area (Å²) in [6, 6.07) is 1.90. The predicted octanol–water partition coefficient (Wildman–Crippen LogP) is 1.85. The van der Waals surface area contributed by atoms with Crippen molar-refractivity contribution in [1.82, 2.24) is 0 Å². The van der Waals surface area contributed by atoms with Gasteiger partial charge in [0.25, 0.3) is 0 Å². The minimum Gasteiger partial charge on any atom is -0.460 e. The van der Waals surface area contributed by atoms with Gasteiger partial charge in [0.2, 0.25) is 0 Å². The summed E-state index contributed by atoms with van der Waals surface area (Å²) < 4.78 is 4.89. The number of hydrogen-bond acceptors (Lipinski definition) is 3. The molecule has 0 unspecified atom stereocenters. The van der Waals surface area contributed by atoms with E-state index >= 15 is 0 Å². The van der Waals surface area contributed by atoms with E-state index in [-0.39, 0.29) is 18.3 Å². The molecule has 0 aromatic heterocycles. The van der Waals surface area contributed by atoms with E-state index < -0.39 is 6.10 Å². The fourth-order valence-corrected chi connectivity index (χ4v) is 0.851. The number of hydrogen-bond donors (Lipinski definition) is 0. The quantitative estimate of drug-likeness (QED) is 0.490. The fraction of sp³-hybridized carbons (Fsp3) is 0.750. The molecule has 12 heavy (non-hydrogen) atoms. The van der Waals surface area contributed by atoms with E-state index in [0.29, 0.717) is 6.42 Å². The van der Waals surface area contributed by atoms with Gasteiger partial charge in [-0.1, -0.05) is 6.92 Å². The van der Waals surface area contributed by atoms with Crippen molar-refractivity contribution in [2.45, 2.75) is 32.3 Å². The molecule has 0 aliphatic heterocycles. The Hall–Kier alpha value is -0.750. The first kappa shape index (κ1) is 11.2. The Morgan fingerprint density at radius 2 is 2.42 bits per heavy atom. The molecule has 0 bridgehead atoms. The molecular formula is C8H12ClNO2. The van der Waals surface area contributed by atoms with Gasteiger partial charge in [-0.25, -0.2) is 0 Å². The first-order valence-corrected chi connectivity index (χ1v) is 4.40. The van der Waals surface area contributed by atoms with Crippen LogP contribution in [0.3, 0.4) is 0 Å². The molecule has 0 aliphatic rings. The van der Waals surface area contributed by atoms with E-state index in [1.807, 2.05) is 13.0 Å². The highest BCUT2D eigenvalue weighted by Gasteiger charge is 2.11. The first-order chi connectivity index (χ1) is 5.74. The van der Waals surface area contributed by atoms with Crippen molar-refractivity contribution in [3.63, 3.8) is 0 Å². The number of ether oxygens (including phenoxy) is 1. The molecule has 0 fully saturated rings. The zero-order chi connectivity index (χ0) is 9.40. The average Bonchev–Trinajstić information content (AvgIpc) is 2.04. The third-order valence-electron chi connectivity index (χ3n) is 1.24. The number of halogens is 1. The van der Waals surface area contributed by atoms with E-state index in [1.54, 1.807) is 0 Å². The number of carbonyl (C=O) groups excluding carboxylic acids is 1. The molecule has 0 saturated heterocycles. The SMILES string of the molecule is CCCC(=O)O[C@H](CCl)CC#N. The van der Waals surface area contributed by atoms with Gasteiger partial charge >= 0.3 is 5.97 Å². The Morgan fingerprint density at radius 1 is 1.75 bits per heavy atom. The van der Waals surface area contributed by atoms with E-state index in [4.69, 9.17) is 21.6 Å². The molecule has 0 aromatic rings. The van der Waals surface area contributed by atoms with Crippen LogP contribution in [0, 0.1) is 11.3 Å². The summed E-state index contributed by atoms with van der Waals surface area (Å²) >= 11 is 5.46. The lowest BCUT2D eigenvalue weighted by Crippen LogP contribution is -2.18. The van der Waals surface area contributed by atoms with Gasteiger partial charge in [-0.3, -0.25) is 4.79 Å². The third-order valence-corrected chi connectivity index (χ3v) is 1.59. The van der Waals surface area contributed by atoms with Crippen LogP contribution >= 0.6 is 11.6 Å². The summed E-state index contributed by atoms with van der Waals surface area (Å²) in [6.07, 6.45) is 0.855. The van der Waals surface area contributed by atoms with Crippen molar-refractivity contribution >= 4 is 17.6 Å². The second kappa shape index (κ2) is 6.93. The fourth-order valence-electron chi connectivity index (χ4n) is 0.678. The molecule has 0 aliphatic carbocycles. The van der Waals surface area contributed by atoms with Gasteiger partial charge in [-0.05, 0) is 6.42 Å². The molecule has 0 N–H and O–H groups in total. The van der Waals surface area contributed by atoms with Gasteiger partial charge in [-0.15, -0.1) is 11.6 Å². The average molecular weight is 190 g/mol. The number of rotatable bonds is 5. The number of alkyl halides is 1. The zero-order valence-corrected chi connectivity index (χ0v) is 7.80. The Balaban J connectivity index is 3.70. The van der Waals surface area contributed by atoms with Crippen molar-refractivity contribution in [3.8, 4) is 6.07 Å². The van der Waals surface area contributed by atoms with Gasteiger partial charge in [0.15, 0.2) is 0 Å². The molecule has 0 radical (unpaired) electrons. The number of nitrogens with zero attached hydrogens (tertiary/aromatic N) is 1. The van der Waals surface area contributed by atoms with E-state index in [0.717, 1.165) is 6.42 Å². The highest BCUT2D eigenvalue weighted by atomic mass is 35.5. The van der Waals surface area contributed by atoms with E-state index in [1.165, 1.54) is 0 Å². The molecule has 0 amide bonds. The topological polar surface area (TPSA) is 50.1 Å². The Labute approximate surface area is 77.3 Å². The van der Waals surface area contributed by atoms with Gasteiger partial charge < -0.3 is 4.74 Å². The van der Waals surface area contributed by atoms with Crippen LogP contribution in [-0.4, -0.2) is 18.0 Å². The van der Waals surface area contributed by atoms with Gasteiger partial charge in [0, 0.05) is 6.42 Å². The van der Waals surface area contributed by atoms with Crippen molar-refractivity contribution in [1.29, 1.82) is 5.26 Å². The number of esters is 1. The van der Waals surface area contributed by atoms with Crippen molar-refractivity contribution in [2.75, 3.05) is 5.88 Å². The molecule has 0 spiro atoms. The summed E-state index contributed by atoms with van der Waals surface area (Å²) in [5.74, 6) is -0.0957. The Kier molecular flexibility index (Phi) is 6.50. The van der Waals surface area contributed by atoms with Crippen LogP contribution in [0.2, 0.25) is 0 Å². The lowest BCUT2D eigenvalue weighted by atomic mass is 10.3. The molecule has 0 saturated carbocycles. The maximum absolute atomic E-state index is 10.9. The van der Waals surface area contributed by atoms with Gasteiger partial charge in [0.05, 0.1) is 18.4 Å². The molecular weight excluding hydrogens is 178 g/mol. The minimum absolute atomic E-state index is 0.166. The summed E-state index contributed by atoms with van der Waals surface area (Å²) in [5.41, 5.74) is 0. The zero-order valence-electron chi connectivity index (χ0n) is 7.05. The summed E-state index contributed by atoms with van der Waals surface area (Å²) in [6.45, 7) is 1.89. The molecule has 4 heteroatoms. The van der Waals surface area contributed by atoms with Crippen LogP contribution in [0.5, 0.6) is 0 Å². The van der Waals surface area contributed by atoms with Crippen molar-refractivity contribution in [2.24, 2.45) is 0 Å². The van der Waals surface area contributed by atoms with Crippen LogP contribution in [-0.2, 0) is 9.53 Å². The first-order valence-electron chi connectivity index (χ1n) is 3.87. The molecule has 68 valence electrons. The summed E-state index contributed by atoms with van der Waals surface area (Å²) in [7, 11) is 0. The van der Waals surface area contributed by atoms with Crippen LogP contribution < -0.4 is 0 Å².